The van der Waals surface area contributed by atoms with E-state index in [0.717, 1.165) is 19.4 Å². The Morgan fingerprint density at radius 2 is 1.92 bits per heavy atom. The van der Waals surface area contributed by atoms with Crippen LogP contribution >= 0.6 is 0 Å². The average molecular weight is 331 g/mol. The third kappa shape index (κ3) is 3.44. The van der Waals surface area contributed by atoms with Crippen molar-refractivity contribution in [3.63, 3.8) is 0 Å². The molecule has 1 aromatic carbocycles. The van der Waals surface area contributed by atoms with Gasteiger partial charge in [0.2, 0.25) is 0 Å². The predicted octanol–water partition coefficient (Wildman–Crippen LogP) is 3.72. The van der Waals surface area contributed by atoms with Crippen LogP contribution < -0.4 is 0 Å². The van der Waals surface area contributed by atoms with Crippen molar-refractivity contribution in [2.75, 3.05) is 13.1 Å². The van der Waals surface area contributed by atoms with E-state index < -0.39 is 5.60 Å². The van der Waals surface area contributed by atoms with Gasteiger partial charge >= 0.3 is 6.09 Å². The lowest BCUT2D eigenvalue weighted by molar-refractivity contribution is 0.0278. The van der Waals surface area contributed by atoms with Crippen LogP contribution in [0.5, 0.6) is 0 Å². The van der Waals surface area contributed by atoms with Gasteiger partial charge in [-0.15, -0.1) is 0 Å². The Morgan fingerprint density at radius 3 is 2.58 bits per heavy atom. The highest BCUT2D eigenvalue weighted by Gasteiger charge is 2.46. The van der Waals surface area contributed by atoms with Crippen LogP contribution in [0.25, 0.3) is 0 Å². The van der Waals surface area contributed by atoms with Gasteiger partial charge in [-0.05, 0) is 63.5 Å². The van der Waals surface area contributed by atoms with Gasteiger partial charge in [0, 0.05) is 19.0 Å². The van der Waals surface area contributed by atoms with Crippen LogP contribution in [-0.4, -0.2) is 40.9 Å². The number of fused-ring (bicyclic) bond motifs is 1. The smallest absolute Gasteiger partial charge is 0.410 e. The van der Waals surface area contributed by atoms with Gasteiger partial charge in [-0.1, -0.05) is 24.3 Å². The topological polar surface area (TPSA) is 49.8 Å². The van der Waals surface area contributed by atoms with Crippen LogP contribution in [-0.2, 0) is 4.74 Å². The molecule has 2 fully saturated rings. The van der Waals surface area contributed by atoms with Crippen molar-refractivity contribution >= 4 is 6.09 Å². The summed E-state index contributed by atoms with van der Waals surface area (Å²) in [5, 5.41) is 10.7. The van der Waals surface area contributed by atoms with Crippen molar-refractivity contribution in [3.8, 4) is 0 Å². The number of benzene rings is 1. The van der Waals surface area contributed by atoms with E-state index in [1.807, 2.05) is 37.8 Å². The number of hydrogen-bond donors (Lipinski definition) is 1. The number of carbonyl (C=O) groups excluding carboxylic acids is 1. The van der Waals surface area contributed by atoms with Crippen molar-refractivity contribution in [2.45, 2.75) is 58.2 Å². The Hall–Kier alpha value is -1.55. The van der Waals surface area contributed by atoms with Crippen molar-refractivity contribution in [1.82, 2.24) is 4.90 Å². The van der Waals surface area contributed by atoms with Crippen molar-refractivity contribution in [2.24, 2.45) is 11.8 Å². The summed E-state index contributed by atoms with van der Waals surface area (Å²) in [4.78, 5) is 14.3. The number of nitrogens with zero attached hydrogens (tertiary/aromatic N) is 1. The predicted molar refractivity (Wildman–Crippen MR) is 93.9 cm³/mol. The molecule has 1 heterocycles. The lowest BCUT2D eigenvalue weighted by Crippen LogP contribution is -2.37. The molecule has 132 valence electrons. The fraction of sp³-hybridized carbons (Fsp3) is 0.650. The summed E-state index contributed by atoms with van der Waals surface area (Å²) in [5.74, 6) is 0.866. The molecular formula is C20H29NO3. The molecule has 4 unspecified atom stereocenters. The van der Waals surface area contributed by atoms with E-state index in [-0.39, 0.29) is 18.1 Å². The summed E-state index contributed by atoms with van der Waals surface area (Å²) in [6.45, 7) is 9.21. The molecule has 0 bridgehead atoms. The molecule has 2 aliphatic rings. The maximum absolute atomic E-state index is 12.4. The lowest BCUT2D eigenvalue weighted by atomic mass is 9.68. The third-order valence-corrected chi connectivity index (χ3v) is 5.40. The van der Waals surface area contributed by atoms with Gasteiger partial charge < -0.3 is 14.7 Å². The summed E-state index contributed by atoms with van der Waals surface area (Å²) in [6, 6.07) is 8.31. The van der Waals surface area contributed by atoms with E-state index in [1.165, 1.54) is 11.1 Å². The molecule has 1 aromatic rings. The maximum atomic E-state index is 12.4. The molecule has 1 aliphatic heterocycles. The monoisotopic (exact) mass is 331 g/mol. The molecule has 0 radical (unpaired) electrons. The first-order valence-electron chi connectivity index (χ1n) is 8.98. The second-order valence-corrected chi connectivity index (χ2v) is 8.34. The lowest BCUT2D eigenvalue weighted by Gasteiger charge is -2.37. The molecule has 0 spiro atoms. The molecule has 24 heavy (non-hydrogen) atoms. The first-order chi connectivity index (χ1) is 11.3. The number of aryl methyl sites for hydroxylation is 1. The van der Waals surface area contributed by atoms with Gasteiger partial charge in [-0.3, -0.25) is 0 Å². The van der Waals surface area contributed by atoms with Crippen LogP contribution in [0, 0.1) is 18.8 Å². The number of aliphatic hydroxyl groups is 1. The standard InChI is InChI=1S/C20H29NO3/c1-13-7-5-6-8-15(13)18-16-12-21(19(23)24-20(2,3)4)11-14(16)9-10-17(18)22/h5-8,14,16-18,22H,9-12H2,1-4H3. The highest BCUT2D eigenvalue weighted by molar-refractivity contribution is 5.68. The van der Waals surface area contributed by atoms with Crippen LogP contribution in [0.15, 0.2) is 24.3 Å². The van der Waals surface area contributed by atoms with Gasteiger partial charge in [-0.25, -0.2) is 4.79 Å². The van der Waals surface area contributed by atoms with Crippen molar-refractivity contribution < 1.29 is 14.6 Å². The van der Waals surface area contributed by atoms with E-state index in [2.05, 4.69) is 19.1 Å². The van der Waals surface area contributed by atoms with E-state index in [4.69, 9.17) is 4.74 Å². The second-order valence-electron chi connectivity index (χ2n) is 8.34. The van der Waals surface area contributed by atoms with Crippen LogP contribution in [0.4, 0.5) is 4.79 Å². The summed E-state index contributed by atoms with van der Waals surface area (Å²) in [5.41, 5.74) is 1.98. The minimum Gasteiger partial charge on any atom is -0.444 e. The summed E-state index contributed by atoms with van der Waals surface area (Å²) >= 11 is 0. The number of aliphatic hydroxyl groups excluding tert-OH is 1. The molecule has 1 aliphatic carbocycles. The van der Waals surface area contributed by atoms with Crippen molar-refractivity contribution in [1.29, 1.82) is 0 Å². The molecule has 0 aromatic heterocycles. The molecule has 1 saturated heterocycles. The van der Waals surface area contributed by atoms with E-state index in [9.17, 15) is 9.90 Å². The maximum Gasteiger partial charge on any atom is 0.410 e. The normalized spacial score (nSPS) is 30.1. The summed E-state index contributed by atoms with van der Waals surface area (Å²) < 4.78 is 5.54. The Bertz CT molecular complexity index is 607. The highest BCUT2D eigenvalue weighted by Crippen LogP contribution is 2.46. The van der Waals surface area contributed by atoms with Gasteiger partial charge in [0.05, 0.1) is 6.10 Å². The molecule has 4 atom stereocenters. The largest absolute Gasteiger partial charge is 0.444 e. The first-order valence-corrected chi connectivity index (χ1v) is 8.98. The molecule has 3 rings (SSSR count). The zero-order valence-electron chi connectivity index (χ0n) is 15.2. The zero-order valence-corrected chi connectivity index (χ0v) is 15.2. The molecule has 1 amide bonds. The number of likely N-dealkylation sites (tertiary alicyclic amines) is 1. The Labute approximate surface area is 144 Å². The Kier molecular flexibility index (Phi) is 4.60. The molecular weight excluding hydrogens is 302 g/mol. The Balaban J connectivity index is 1.81. The van der Waals surface area contributed by atoms with Gasteiger partial charge in [0.25, 0.3) is 0 Å². The minimum atomic E-state index is -0.472. The summed E-state index contributed by atoms with van der Waals surface area (Å²) in [7, 11) is 0. The van der Waals surface area contributed by atoms with E-state index in [1.54, 1.807) is 0 Å². The number of amides is 1. The zero-order chi connectivity index (χ0) is 17.5. The van der Waals surface area contributed by atoms with Gasteiger partial charge in [0.1, 0.15) is 5.60 Å². The van der Waals surface area contributed by atoms with Crippen LogP contribution in [0.2, 0.25) is 0 Å². The van der Waals surface area contributed by atoms with E-state index >= 15 is 0 Å². The number of rotatable bonds is 1. The van der Waals surface area contributed by atoms with Gasteiger partial charge in [-0.2, -0.15) is 0 Å². The summed E-state index contributed by atoms with van der Waals surface area (Å²) in [6.07, 6.45) is 1.23. The quantitative estimate of drug-likeness (QED) is 0.853. The van der Waals surface area contributed by atoms with Crippen LogP contribution in [0.3, 0.4) is 0 Å². The molecule has 1 saturated carbocycles. The highest BCUT2D eigenvalue weighted by atomic mass is 16.6. The third-order valence-electron chi connectivity index (χ3n) is 5.40. The number of carbonyl (C=O) groups is 1. The molecule has 4 nitrogen and oxygen atoms in total. The minimum absolute atomic E-state index is 0.109. The molecule has 1 N–H and O–H groups in total. The fourth-order valence-electron chi connectivity index (χ4n) is 4.33. The number of hydrogen-bond acceptors (Lipinski definition) is 3. The fourth-order valence-corrected chi connectivity index (χ4v) is 4.33. The second kappa shape index (κ2) is 6.40. The number of ether oxygens (including phenoxy) is 1. The first kappa shape index (κ1) is 17.3. The Morgan fingerprint density at radius 1 is 1.21 bits per heavy atom. The average Bonchev–Trinajstić information content (AvgIpc) is 2.91. The van der Waals surface area contributed by atoms with Crippen molar-refractivity contribution in [3.05, 3.63) is 35.4 Å². The van der Waals surface area contributed by atoms with Gasteiger partial charge in [0.15, 0.2) is 0 Å². The SMILES string of the molecule is Cc1ccccc1C1C(O)CCC2CN(C(=O)OC(C)(C)C)CC21. The molecule has 4 heteroatoms. The van der Waals surface area contributed by atoms with Crippen LogP contribution in [0.1, 0.15) is 50.7 Å². The van der Waals surface area contributed by atoms with E-state index in [0.29, 0.717) is 18.4 Å².